The summed E-state index contributed by atoms with van der Waals surface area (Å²) >= 11 is 5.53. The molecule has 0 N–H and O–H groups in total. The van der Waals surface area contributed by atoms with E-state index in [1.165, 1.54) is 18.7 Å². The van der Waals surface area contributed by atoms with Crippen molar-refractivity contribution in [2.45, 2.75) is 49.8 Å². The first-order valence-corrected chi connectivity index (χ1v) is 9.12. The molecular formula is C15H19ClO3S. The molecule has 3 nitrogen and oxygen atoms in total. The van der Waals surface area contributed by atoms with Crippen LogP contribution >= 0.6 is 11.6 Å². The third-order valence-corrected chi connectivity index (χ3v) is 5.37. The highest BCUT2D eigenvalue weighted by atomic mass is 35.5. The second kappa shape index (κ2) is 5.86. The Hall–Kier alpha value is -0.870. The fourth-order valence-corrected chi connectivity index (χ4v) is 4.17. The number of hydrogen-bond acceptors (Lipinski definition) is 3. The van der Waals surface area contributed by atoms with Gasteiger partial charge in [-0.25, -0.2) is 8.42 Å². The maximum Gasteiger partial charge on any atom is 0.252 e. The number of halogens is 1. The van der Waals surface area contributed by atoms with Crippen LogP contribution in [0.1, 0.15) is 59.5 Å². The van der Waals surface area contributed by atoms with Gasteiger partial charge in [-0.1, -0.05) is 25.3 Å². The van der Waals surface area contributed by atoms with Crippen molar-refractivity contribution in [3.05, 3.63) is 28.8 Å². The Morgan fingerprint density at radius 2 is 1.80 bits per heavy atom. The summed E-state index contributed by atoms with van der Waals surface area (Å²) in [4.78, 5) is 11.7. The molecule has 0 aromatic heterocycles. The highest BCUT2D eigenvalue weighted by Gasteiger charge is 2.25. The molecule has 0 aliphatic heterocycles. The molecule has 1 saturated carbocycles. The molecule has 5 heteroatoms. The molecule has 1 aromatic rings. The number of carbonyl (C=O) groups is 1. The van der Waals surface area contributed by atoms with Gasteiger partial charge in [0.2, 0.25) is 0 Å². The van der Waals surface area contributed by atoms with E-state index in [4.69, 9.17) is 11.6 Å². The van der Waals surface area contributed by atoms with Gasteiger partial charge in [0.15, 0.2) is 9.84 Å². The van der Waals surface area contributed by atoms with Crippen LogP contribution in [0.5, 0.6) is 0 Å². The maximum absolute atomic E-state index is 12.0. The summed E-state index contributed by atoms with van der Waals surface area (Å²) in [6.07, 6.45) is 6.67. The summed E-state index contributed by atoms with van der Waals surface area (Å²) in [5.41, 5.74) is 1.89. The van der Waals surface area contributed by atoms with Gasteiger partial charge in [0.25, 0.3) is 5.24 Å². The summed E-state index contributed by atoms with van der Waals surface area (Å²) in [6, 6.07) is 3.28. The first kappa shape index (κ1) is 15.5. The summed E-state index contributed by atoms with van der Waals surface area (Å²) in [5.74, 6) is 0.270. The van der Waals surface area contributed by atoms with Crippen molar-refractivity contribution < 1.29 is 13.2 Å². The van der Waals surface area contributed by atoms with Crippen molar-refractivity contribution in [3.8, 4) is 0 Å². The Kier molecular flexibility index (Phi) is 4.55. The van der Waals surface area contributed by atoms with E-state index in [2.05, 4.69) is 0 Å². The van der Waals surface area contributed by atoms with Crippen LogP contribution < -0.4 is 0 Å². The zero-order valence-electron chi connectivity index (χ0n) is 11.8. The molecule has 0 heterocycles. The van der Waals surface area contributed by atoms with Gasteiger partial charge in [-0.15, -0.1) is 0 Å². The summed E-state index contributed by atoms with van der Waals surface area (Å²) in [5, 5.41) is -0.609. The third kappa shape index (κ3) is 3.23. The second-order valence-electron chi connectivity index (χ2n) is 5.59. The Labute approximate surface area is 125 Å². The topological polar surface area (TPSA) is 51.2 Å². The molecule has 1 aliphatic rings. The standard InChI is InChI=1S/C15H19ClO3S/c1-10-8-13(11-6-4-3-5-7-11)14(20(2,18)19)9-12(10)15(16)17/h8-9,11H,3-7H2,1-2H3. The van der Waals surface area contributed by atoms with Gasteiger partial charge in [0.05, 0.1) is 4.90 Å². The zero-order valence-corrected chi connectivity index (χ0v) is 13.4. The molecule has 0 unspecified atom stereocenters. The van der Waals surface area contributed by atoms with E-state index in [1.54, 1.807) is 6.92 Å². The van der Waals surface area contributed by atoms with E-state index >= 15 is 0 Å². The fourth-order valence-electron chi connectivity index (χ4n) is 2.98. The Morgan fingerprint density at radius 3 is 2.30 bits per heavy atom. The lowest BCUT2D eigenvalue weighted by Gasteiger charge is -2.24. The molecule has 0 saturated heterocycles. The third-order valence-electron chi connectivity index (χ3n) is 4.01. The molecule has 20 heavy (non-hydrogen) atoms. The lowest BCUT2D eigenvalue weighted by atomic mass is 9.83. The summed E-state index contributed by atoms with van der Waals surface area (Å²) < 4.78 is 24.1. The first-order chi connectivity index (χ1) is 9.30. The van der Waals surface area contributed by atoms with Crippen molar-refractivity contribution in [1.29, 1.82) is 0 Å². The van der Waals surface area contributed by atoms with E-state index in [0.717, 1.165) is 36.8 Å². The highest BCUT2D eigenvalue weighted by Crippen LogP contribution is 2.37. The van der Waals surface area contributed by atoms with Crippen LogP contribution in [0.4, 0.5) is 0 Å². The van der Waals surface area contributed by atoms with E-state index in [9.17, 15) is 13.2 Å². The minimum absolute atomic E-state index is 0.263. The molecule has 0 amide bonds. The molecule has 1 fully saturated rings. The molecule has 110 valence electrons. The average molecular weight is 315 g/mol. The van der Waals surface area contributed by atoms with Crippen LogP contribution in [0, 0.1) is 6.92 Å². The molecular weight excluding hydrogens is 296 g/mol. The largest absolute Gasteiger partial charge is 0.276 e. The zero-order chi connectivity index (χ0) is 14.9. The predicted octanol–water partition coefficient (Wildman–Crippen LogP) is 3.83. The number of benzene rings is 1. The van der Waals surface area contributed by atoms with Crippen LogP contribution in [0.2, 0.25) is 0 Å². The van der Waals surface area contributed by atoms with Gasteiger partial charge in [-0.3, -0.25) is 4.79 Å². The number of carbonyl (C=O) groups excluding carboxylic acids is 1. The quantitative estimate of drug-likeness (QED) is 0.797. The Bertz CT molecular complexity index is 629. The minimum atomic E-state index is -3.37. The molecule has 0 radical (unpaired) electrons. The number of hydrogen-bond donors (Lipinski definition) is 0. The molecule has 2 rings (SSSR count). The van der Waals surface area contributed by atoms with Gasteiger partial charge >= 0.3 is 0 Å². The van der Waals surface area contributed by atoms with E-state index in [0.29, 0.717) is 0 Å². The molecule has 1 aromatic carbocycles. The van der Waals surface area contributed by atoms with Crippen LogP contribution in [0.3, 0.4) is 0 Å². The smallest absolute Gasteiger partial charge is 0.252 e. The number of sulfone groups is 1. The van der Waals surface area contributed by atoms with Crippen LogP contribution in [0.15, 0.2) is 17.0 Å². The SMILES string of the molecule is Cc1cc(C2CCCCC2)c(S(C)(=O)=O)cc1C(=O)Cl. The molecule has 0 atom stereocenters. The molecule has 0 bridgehead atoms. The number of rotatable bonds is 3. The number of aryl methyl sites for hydroxylation is 1. The van der Waals surface area contributed by atoms with Gasteiger partial charge < -0.3 is 0 Å². The van der Waals surface area contributed by atoms with Crippen molar-refractivity contribution >= 4 is 26.7 Å². The lowest BCUT2D eigenvalue weighted by Crippen LogP contribution is -2.12. The van der Waals surface area contributed by atoms with Gasteiger partial charge in [-0.2, -0.15) is 0 Å². The van der Waals surface area contributed by atoms with Crippen molar-refractivity contribution in [1.82, 2.24) is 0 Å². The van der Waals surface area contributed by atoms with Crippen LogP contribution in [-0.4, -0.2) is 19.9 Å². The summed E-state index contributed by atoms with van der Waals surface area (Å²) in [7, 11) is -3.37. The monoisotopic (exact) mass is 314 g/mol. The maximum atomic E-state index is 12.0. The van der Waals surface area contributed by atoms with Crippen molar-refractivity contribution in [2.24, 2.45) is 0 Å². The van der Waals surface area contributed by atoms with Crippen molar-refractivity contribution in [3.63, 3.8) is 0 Å². The van der Waals surface area contributed by atoms with Gasteiger partial charge in [0.1, 0.15) is 0 Å². The lowest BCUT2D eigenvalue weighted by molar-refractivity contribution is 0.108. The van der Waals surface area contributed by atoms with E-state index in [1.807, 2.05) is 6.07 Å². The second-order valence-corrected chi connectivity index (χ2v) is 7.91. The van der Waals surface area contributed by atoms with Crippen molar-refractivity contribution in [2.75, 3.05) is 6.26 Å². The van der Waals surface area contributed by atoms with Gasteiger partial charge in [0, 0.05) is 11.8 Å². The summed E-state index contributed by atoms with van der Waals surface area (Å²) in [6.45, 7) is 1.80. The van der Waals surface area contributed by atoms with E-state index in [-0.39, 0.29) is 16.4 Å². The molecule has 1 aliphatic carbocycles. The fraction of sp³-hybridized carbons (Fsp3) is 0.533. The van der Waals surface area contributed by atoms with E-state index < -0.39 is 15.1 Å². The Balaban J connectivity index is 2.60. The normalized spacial score (nSPS) is 17.1. The van der Waals surface area contributed by atoms with Crippen LogP contribution in [0.25, 0.3) is 0 Å². The minimum Gasteiger partial charge on any atom is -0.276 e. The average Bonchev–Trinajstić information content (AvgIpc) is 2.37. The Morgan fingerprint density at radius 1 is 1.20 bits per heavy atom. The first-order valence-electron chi connectivity index (χ1n) is 6.85. The highest BCUT2D eigenvalue weighted by molar-refractivity contribution is 7.90. The van der Waals surface area contributed by atoms with Gasteiger partial charge in [-0.05, 0) is 54.5 Å². The molecule has 0 spiro atoms. The van der Waals surface area contributed by atoms with Crippen LogP contribution in [-0.2, 0) is 9.84 Å². The predicted molar refractivity (Wildman–Crippen MR) is 80.3 cm³/mol.